The normalized spacial score (nSPS) is 13.5. The third-order valence-corrected chi connectivity index (χ3v) is 4.94. The Labute approximate surface area is 186 Å². The fourth-order valence-corrected chi connectivity index (χ4v) is 3.39. The van der Waals surface area contributed by atoms with Gasteiger partial charge in [0.05, 0.1) is 37.3 Å². The van der Waals surface area contributed by atoms with Gasteiger partial charge in [0.1, 0.15) is 11.8 Å². The fraction of sp³-hybridized carbons (Fsp3) is 0.286. The largest absolute Gasteiger partial charge is 0.467 e. The van der Waals surface area contributed by atoms with Gasteiger partial charge in [0, 0.05) is 30.3 Å². The van der Waals surface area contributed by atoms with E-state index in [2.05, 4.69) is 30.6 Å². The average Bonchev–Trinajstić information content (AvgIpc) is 3.44. The standard InChI is InChI=1S/C21H21F2N7O3/c1-12(29-19(31)21(2,22)23)18(14-7-24-20(32-3)25-8-14)30-17-5-4-15(6-13(17)9-28-30)33-16-10-26-27-11-16/h4-12,18H,1-3H3,(H,26,27)(H,29,31)/t12-,18-/m0/s1. The summed E-state index contributed by atoms with van der Waals surface area (Å²) < 4.78 is 39.4. The Bertz CT molecular complexity index is 1240. The highest BCUT2D eigenvalue weighted by molar-refractivity contribution is 5.83. The van der Waals surface area contributed by atoms with E-state index >= 15 is 0 Å². The van der Waals surface area contributed by atoms with E-state index in [4.69, 9.17) is 9.47 Å². The number of rotatable bonds is 8. The van der Waals surface area contributed by atoms with E-state index in [0.29, 0.717) is 29.5 Å². The van der Waals surface area contributed by atoms with Gasteiger partial charge in [-0.25, -0.2) is 9.97 Å². The lowest BCUT2D eigenvalue weighted by atomic mass is 10.0. The van der Waals surface area contributed by atoms with Crippen molar-refractivity contribution in [1.82, 2.24) is 35.3 Å². The highest BCUT2D eigenvalue weighted by atomic mass is 19.3. The predicted octanol–water partition coefficient (Wildman–Crippen LogP) is 3.10. The number of fused-ring (bicyclic) bond motifs is 1. The molecule has 12 heteroatoms. The lowest BCUT2D eigenvalue weighted by molar-refractivity contribution is -0.143. The lowest BCUT2D eigenvalue weighted by Crippen LogP contribution is -2.46. The molecule has 3 heterocycles. The Hall–Kier alpha value is -4.09. The number of nitrogens with one attached hydrogen (secondary N) is 2. The van der Waals surface area contributed by atoms with Crippen LogP contribution in [-0.4, -0.2) is 54.9 Å². The van der Waals surface area contributed by atoms with Crippen molar-refractivity contribution in [3.05, 3.63) is 54.7 Å². The van der Waals surface area contributed by atoms with Crippen LogP contribution >= 0.6 is 0 Å². The monoisotopic (exact) mass is 457 g/mol. The number of H-pyrrole nitrogens is 1. The summed E-state index contributed by atoms with van der Waals surface area (Å²) in [5, 5.41) is 14.1. The van der Waals surface area contributed by atoms with Gasteiger partial charge in [0.15, 0.2) is 5.75 Å². The van der Waals surface area contributed by atoms with Crippen molar-refractivity contribution >= 4 is 16.8 Å². The van der Waals surface area contributed by atoms with Crippen LogP contribution in [0, 0.1) is 0 Å². The molecule has 2 N–H and O–H groups in total. The van der Waals surface area contributed by atoms with Crippen molar-refractivity contribution in [2.24, 2.45) is 0 Å². The van der Waals surface area contributed by atoms with Crippen LogP contribution in [0.15, 0.2) is 49.2 Å². The Balaban J connectivity index is 1.71. The molecule has 3 aromatic heterocycles. The van der Waals surface area contributed by atoms with Gasteiger partial charge in [0.25, 0.3) is 5.91 Å². The minimum absolute atomic E-state index is 0.153. The number of amides is 1. The van der Waals surface area contributed by atoms with Crippen LogP contribution in [0.5, 0.6) is 17.5 Å². The van der Waals surface area contributed by atoms with E-state index in [1.807, 2.05) is 0 Å². The molecule has 0 saturated heterocycles. The molecule has 0 bridgehead atoms. The number of carbonyl (C=O) groups is 1. The highest BCUT2D eigenvalue weighted by Crippen LogP contribution is 2.30. The molecule has 0 fully saturated rings. The predicted molar refractivity (Wildman–Crippen MR) is 113 cm³/mol. The van der Waals surface area contributed by atoms with Crippen LogP contribution in [0.4, 0.5) is 8.78 Å². The summed E-state index contributed by atoms with van der Waals surface area (Å²) in [7, 11) is 1.43. The number of halogens is 2. The molecular formula is C21H21F2N7O3. The van der Waals surface area contributed by atoms with Crippen LogP contribution in [0.3, 0.4) is 0 Å². The Morgan fingerprint density at radius 2 is 1.94 bits per heavy atom. The zero-order valence-electron chi connectivity index (χ0n) is 18.0. The van der Waals surface area contributed by atoms with Crippen LogP contribution in [0.2, 0.25) is 0 Å². The SMILES string of the molecule is COc1ncc([C@H]([C@H](C)NC(=O)C(C)(F)F)n2ncc3cc(Oc4cn[nH]c4)ccc32)cn1. The molecule has 33 heavy (non-hydrogen) atoms. The summed E-state index contributed by atoms with van der Waals surface area (Å²) in [5.74, 6) is -3.80. The van der Waals surface area contributed by atoms with Gasteiger partial charge < -0.3 is 14.8 Å². The molecule has 0 spiro atoms. The number of hydrogen-bond acceptors (Lipinski definition) is 7. The molecule has 2 atom stereocenters. The molecular weight excluding hydrogens is 436 g/mol. The summed E-state index contributed by atoms with van der Waals surface area (Å²) in [4.78, 5) is 20.2. The first-order chi connectivity index (χ1) is 15.8. The van der Waals surface area contributed by atoms with E-state index in [1.165, 1.54) is 19.5 Å². The second-order valence-electron chi connectivity index (χ2n) is 7.44. The third kappa shape index (κ3) is 4.73. The number of aromatic nitrogens is 6. The van der Waals surface area contributed by atoms with Crippen molar-refractivity contribution in [1.29, 1.82) is 0 Å². The van der Waals surface area contributed by atoms with E-state index in [0.717, 1.165) is 5.39 Å². The number of benzene rings is 1. The van der Waals surface area contributed by atoms with Gasteiger partial charge in [-0.05, 0) is 25.1 Å². The summed E-state index contributed by atoms with van der Waals surface area (Å²) in [6, 6.07) is 4.03. The van der Waals surface area contributed by atoms with E-state index in [9.17, 15) is 13.6 Å². The molecule has 0 aliphatic heterocycles. The Morgan fingerprint density at radius 1 is 1.18 bits per heavy atom. The number of ether oxygens (including phenoxy) is 2. The molecule has 0 aliphatic rings. The Morgan fingerprint density at radius 3 is 2.58 bits per heavy atom. The second kappa shape index (κ2) is 8.81. The first-order valence-electron chi connectivity index (χ1n) is 9.95. The molecule has 0 saturated carbocycles. The summed E-state index contributed by atoms with van der Waals surface area (Å²) in [6.45, 7) is 2.16. The van der Waals surface area contributed by atoms with Crippen molar-refractivity contribution in [2.45, 2.75) is 31.9 Å². The minimum Gasteiger partial charge on any atom is -0.467 e. The maximum atomic E-state index is 13.5. The van der Waals surface area contributed by atoms with Crippen LogP contribution in [0.25, 0.3) is 10.9 Å². The molecule has 0 radical (unpaired) electrons. The second-order valence-corrected chi connectivity index (χ2v) is 7.44. The molecule has 0 aliphatic carbocycles. The molecule has 172 valence electrons. The van der Waals surface area contributed by atoms with E-state index in [-0.39, 0.29) is 6.01 Å². The van der Waals surface area contributed by atoms with Crippen molar-refractivity contribution in [3.63, 3.8) is 0 Å². The number of carbonyl (C=O) groups excluding carboxylic acids is 1. The first kappa shape index (κ1) is 22.1. The van der Waals surface area contributed by atoms with E-state index < -0.39 is 23.9 Å². The van der Waals surface area contributed by atoms with Crippen molar-refractivity contribution in [2.75, 3.05) is 7.11 Å². The molecule has 10 nitrogen and oxygen atoms in total. The van der Waals surface area contributed by atoms with E-state index in [1.54, 1.807) is 48.4 Å². The number of methoxy groups -OCH3 is 1. The van der Waals surface area contributed by atoms with Gasteiger partial charge in [-0.1, -0.05) is 0 Å². The quantitative estimate of drug-likeness (QED) is 0.417. The molecule has 1 amide bonds. The number of hydrogen-bond donors (Lipinski definition) is 2. The van der Waals surface area contributed by atoms with Crippen LogP contribution in [-0.2, 0) is 4.79 Å². The maximum Gasteiger partial charge on any atom is 0.321 e. The molecule has 0 unspecified atom stereocenters. The van der Waals surface area contributed by atoms with Gasteiger partial charge in [-0.2, -0.15) is 19.0 Å². The lowest BCUT2D eigenvalue weighted by Gasteiger charge is -2.27. The highest BCUT2D eigenvalue weighted by Gasteiger charge is 2.35. The van der Waals surface area contributed by atoms with Crippen LogP contribution < -0.4 is 14.8 Å². The fourth-order valence-electron chi connectivity index (χ4n) is 3.39. The number of nitrogens with zero attached hydrogens (tertiary/aromatic N) is 5. The minimum atomic E-state index is -3.53. The molecule has 4 aromatic rings. The third-order valence-electron chi connectivity index (χ3n) is 4.94. The maximum absolute atomic E-state index is 13.5. The van der Waals surface area contributed by atoms with Gasteiger partial charge in [0.2, 0.25) is 0 Å². The summed E-state index contributed by atoms with van der Waals surface area (Å²) in [6.07, 6.45) is 7.79. The molecule has 1 aromatic carbocycles. The summed E-state index contributed by atoms with van der Waals surface area (Å²) >= 11 is 0. The first-order valence-corrected chi connectivity index (χ1v) is 9.95. The van der Waals surface area contributed by atoms with Crippen molar-refractivity contribution < 1.29 is 23.0 Å². The smallest absolute Gasteiger partial charge is 0.321 e. The topological polar surface area (TPSA) is 120 Å². The van der Waals surface area contributed by atoms with Crippen molar-refractivity contribution in [3.8, 4) is 17.5 Å². The number of alkyl halides is 2. The van der Waals surface area contributed by atoms with Gasteiger partial charge in [-0.15, -0.1) is 0 Å². The number of aromatic amines is 1. The molecule has 4 rings (SSSR count). The zero-order chi connectivity index (χ0) is 23.6. The zero-order valence-corrected chi connectivity index (χ0v) is 18.0. The average molecular weight is 457 g/mol. The summed E-state index contributed by atoms with van der Waals surface area (Å²) in [5.41, 5.74) is 1.24. The van der Waals surface area contributed by atoms with Gasteiger partial charge >= 0.3 is 11.9 Å². The Kier molecular flexibility index (Phi) is 5.90. The van der Waals surface area contributed by atoms with Gasteiger partial charge in [-0.3, -0.25) is 14.6 Å². The van der Waals surface area contributed by atoms with Crippen LogP contribution in [0.1, 0.15) is 25.5 Å².